The molecule has 0 saturated heterocycles. The van der Waals surface area contributed by atoms with Crippen LogP contribution >= 0.6 is 0 Å². The molecule has 6 nitrogen and oxygen atoms in total. The zero-order chi connectivity index (χ0) is 13.7. The highest BCUT2D eigenvalue weighted by molar-refractivity contribution is 5.01. The van der Waals surface area contributed by atoms with Gasteiger partial charge in [0.05, 0.1) is 6.10 Å². The summed E-state index contributed by atoms with van der Waals surface area (Å²) in [5.41, 5.74) is 0.0190. The van der Waals surface area contributed by atoms with E-state index in [2.05, 4.69) is 5.32 Å². The van der Waals surface area contributed by atoms with Crippen molar-refractivity contribution in [2.24, 2.45) is 14.1 Å². The maximum absolute atomic E-state index is 11.7. The minimum Gasteiger partial charge on any atom is -0.393 e. The first-order valence-electron chi connectivity index (χ1n) is 6.12. The standard InChI is InChI=1S/C12H21N3O3/c1-4-10(16)5-6-13-8-9-7-11(17)15(3)12(18)14(9)2/h7,10,13,16H,4-6,8H2,1-3H3. The number of hydrogen-bond donors (Lipinski definition) is 2. The largest absolute Gasteiger partial charge is 0.393 e. The van der Waals surface area contributed by atoms with E-state index in [9.17, 15) is 14.7 Å². The second kappa shape index (κ2) is 6.51. The van der Waals surface area contributed by atoms with Crippen molar-refractivity contribution in [3.05, 3.63) is 32.6 Å². The van der Waals surface area contributed by atoms with Crippen molar-refractivity contribution in [3.63, 3.8) is 0 Å². The van der Waals surface area contributed by atoms with Gasteiger partial charge < -0.3 is 10.4 Å². The second-order valence-electron chi connectivity index (χ2n) is 4.40. The van der Waals surface area contributed by atoms with Crippen molar-refractivity contribution in [1.82, 2.24) is 14.5 Å². The average molecular weight is 255 g/mol. The molecule has 2 N–H and O–H groups in total. The number of hydrogen-bond acceptors (Lipinski definition) is 4. The van der Waals surface area contributed by atoms with E-state index in [1.54, 1.807) is 7.05 Å². The van der Waals surface area contributed by atoms with Crippen molar-refractivity contribution in [2.75, 3.05) is 6.54 Å². The van der Waals surface area contributed by atoms with Crippen LogP contribution in [0.4, 0.5) is 0 Å². The van der Waals surface area contributed by atoms with Gasteiger partial charge >= 0.3 is 5.69 Å². The summed E-state index contributed by atoms with van der Waals surface area (Å²) >= 11 is 0. The number of aliphatic hydroxyl groups excluding tert-OH is 1. The predicted octanol–water partition coefficient (Wildman–Crippen LogP) is -0.665. The fraction of sp³-hybridized carbons (Fsp3) is 0.667. The second-order valence-corrected chi connectivity index (χ2v) is 4.40. The van der Waals surface area contributed by atoms with Crippen LogP contribution in [0.3, 0.4) is 0 Å². The molecule has 0 fully saturated rings. The van der Waals surface area contributed by atoms with Gasteiger partial charge in [0.15, 0.2) is 0 Å². The zero-order valence-corrected chi connectivity index (χ0v) is 11.1. The Morgan fingerprint density at radius 1 is 1.33 bits per heavy atom. The van der Waals surface area contributed by atoms with Gasteiger partial charge in [0.25, 0.3) is 5.56 Å². The van der Waals surface area contributed by atoms with Crippen LogP contribution in [0.25, 0.3) is 0 Å². The van der Waals surface area contributed by atoms with E-state index in [1.807, 2.05) is 6.92 Å². The van der Waals surface area contributed by atoms with Gasteiger partial charge in [-0.3, -0.25) is 13.9 Å². The van der Waals surface area contributed by atoms with Crippen LogP contribution in [-0.4, -0.2) is 26.9 Å². The van der Waals surface area contributed by atoms with Crippen LogP contribution in [0, 0.1) is 0 Å². The third-order valence-electron chi connectivity index (χ3n) is 3.06. The molecule has 0 saturated carbocycles. The van der Waals surface area contributed by atoms with Gasteiger partial charge in [0, 0.05) is 32.4 Å². The molecule has 0 aliphatic rings. The Kier molecular flexibility index (Phi) is 5.30. The first-order valence-corrected chi connectivity index (χ1v) is 6.12. The van der Waals surface area contributed by atoms with Gasteiger partial charge in [-0.05, 0) is 19.4 Å². The Bertz CT molecular complexity index is 504. The summed E-state index contributed by atoms with van der Waals surface area (Å²) in [6.45, 7) is 3.02. The fourth-order valence-corrected chi connectivity index (χ4v) is 1.64. The maximum atomic E-state index is 11.7. The Morgan fingerprint density at radius 2 is 2.00 bits per heavy atom. The number of aromatic nitrogens is 2. The molecule has 1 aromatic rings. The van der Waals surface area contributed by atoms with Gasteiger partial charge in [0.1, 0.15) is 0 Å². The average Bonchev–Trinajstić information content (AvgIpc) is 2.37. The number of nitrogens with one attached hydrogen (secondary N) is 1. The first-order chi connectivity index (χ1) is 8.47. The normalized spacial score (nSPS) is 12.7. The van der Waals surface area contributed by atoms with Crippen LogP contribution in [0.5, 0.6) is 0 Å². The highest BCUT2D eigenvalue weighted by Crippen LogP contribution is 1.95. The van der Waals surface area contributed by atoms with Crippen molar-refractivity contribution >= 4 is 0 Å². The SMILES string of the molecule is CCC(O)CCNCc1cc(=O)n(C)c(=O)n1C. The molecule has 1 aromatic heterocycles. The van der Waals surface area contributed by atoms with Crippen molar-refractivity contribution in [1.29, 1.82) is 0 Å². The minimum atomic E-state index is -0.326. The lowest BCUT2D eigenvalue weighted by Gasteiger charge is -2.11. The van der Waals surface area contributed by atoms with Gasteiger partial charge in [-0.2, -0.15) is 0 Å². The molecule has 1 heterocycles. The Balaban J connectivity index is 2.64. The predicted molar refractivity (Wildman–Crippen MR) is 69.5 cm³/mol. The third kappa shape index (κ3) is 3.54. The third-order valence-corrected chi connectivity index (χ3v) is 3.06. The zero-order valence-electron chi connectivity index (χ0n) is 11.1. The molecule has 0 aliphatic carbocycles. The molecule has 18 heavy (non-hydrogen) atoms. The van der Waals surface area contributed by atoms with Gasteiger partial charge in [-0.25, -0.2) is 4.79 Å². The topological polar surface area (TPSA) is 76.3 Å². The molecular formula is C12H21N3O3. The summed E-state index contributed by atoms with van der Waals surface area (Å²) in [7, 11) is 3.10. The molecule has 1 rings (SSSR count). The van der Waals surface area contributed by atoms with E-state index in [0.717, 1.165) is 11.0 Å². The number of nitrogens with zero attached hydrogens (tertiary/aromatic N) is 2. The lowest BCUT2D eigenvalue weighted by Crippen LogP contribution is -2.39. The lowest BCUT2D eigenvalue weighted by molar-refractivity contribution is 0.159. The van der Waals surface area contributed by atoms with E-state index >= 15 is 0 Å². The summed E-state index contributed by atoms with van der Waals surface area (Å²) in [5, 5.41) is 12.5. The maximum Gasteiger partial charge on any atom is 0.330 e. The summed E-state index contributed by atoms with van der Waals surface area (Å²) in [6, 6.07) is 1.45. The van der Waals surface area contributed by atoms with E-state index in [1.165, 1.54) is 17.7 Å². The molecule has 0 amide bonds. The summed E-state index contributed by atoms with van der Waals surface area (Å²) in [4.78, 5) is 23.1. The molecular weight excluding hydrogens is 234 g/mol. The number of aliphatic hydroxyl groups is 1. The van der Waals surface area contributed by atoms with Crippen LogP contribution in [-0.2, 0) is 20.6 Å². The van der Waals surface area contributed by atoms with Crippen molar-refractivity contribution in [3.8, 4) is 0 Å². The fourth-order valence-electron chi connectivity index (χ4n) is 1.64. The van der Waals surface area contributed by atoms with E-state index in [4.69, 9.17) is 0 Å². The Labute approximate surface area is 106 Å². The molecule has 0 radical (unpaired) electrons. The van der Waals surface area contributed by atoms with E-state index in [-0.39, 0.29) is 17.4 Å². The molecule has 1 atom stereocenters. The van der Waals surface area contributed by atoms with Crippen LogP contribution < -0.4 is 16.6 Å². The molecule has 1 unspecified atom stereocenters. The van der Waals surface area contributed by atoms with Crippen LogP contribution in [0.15, 0.2) is 15.7 Å². The quantitative estimate of drug-likeness (QED) is 0.661. The van der Waals surface area contributed by atoms with E-state index < -0.39 is 0 Å². The molecule has 0 spiro atoms. The monoisotopic (exact) mass is 255 g/mol. The highest BCUT2D eigenvalue weighted by atomic mass is 16.3. The summed E-state index contributed by atoms with van der Waals surface area (Å²) in [6.07, 6.45) is 1.09. The number of rotatable bonds is 6. The summed E-state index contributed by atoms with van der Waals surface area (Å²) in [5.74, 6) is 0. The van der Waals surface area contributed by atoms with Crippen molar-refractivity contribution < 1.29 is 5.11 Å². The smallest absolute Gasteiger partial charge is 0.330 e. The van der Waals surface area contributed by atoms with Crippen molar-refractivity contribution in [2.45, 2.75) is 32.4 Å². The first kappa shape index (κ1) is 14.7. The molecule has 0 bridgehead atoms. The van der Waals surface area contributed by atoms with E-state index in [0.29, 0.717) is 25.2 Å². The molecule has 0 aliphatic heterocycles. The lowest BCUT2D eigenvalue weighted by atomic mass is 10.2. The summed E-state index contributed by atoms with van der Waals surface area (Å²) < 4.78 is 2.52. The van der Waals surface area contributed by atoms with Gasteiger partial charge in [-0.15, -0.1) is 0 Å². The molecule has 102 valence electrons. The minimum absolute atomic E-state index is 0.301. The molecule has 0 aromatic carbocycles. The Morgan fingerprint density at radius 3 is 2.61 bits per heavy atom. The van der Waals surface area contributed by atoms with Crippen LogP contribution in [0.1, 0.15) is 25.5 Å². The van der Waals surface area contributed by atoms with Crippen LogP contribution in [0.2, 0.25) is 0 Å². The Hall–Kier alpha value is -1.40. The van der Waals surface area contributed by atoms with Gasteiger partial charge in [-0.1, -0.05) is 6.92 Å². The highest BCUT2D eigenvalue weighted by Gasteiger charge is 2.05. The molecule has 6 heteroatoms. The van der Waals surface area contributed by atoms with Gasteiger partial charge in [0.2, 0.25) is 0 Å².